The summed E-state index contributed by atoms with van der Waals surface area (Å²) < 4.78 is 31.8. The summed E-state index contributed by atoms with van der Waals surface area (Å²) in [6.45, 7) is 3.60. The summed E-state index contributed by atoms with van der Waals surface area (Å²) in [6.07, 6.45) is -7.76. The zero-order chi connectivity index (χ0) is 27.2. The molecule has 5 atom stereocenters. The van der Waals surface area contributed by atoms with Gasteiger partial charge in [0.15, 0.2) is 12.2 Å². The zero-order valence-corrected chi connectivity index (χ0v) is 19.4. The third-order valence-corrected chi connectivity index (χ3v) is 4.54. The number of non-ortho nitro benzene ring substituents is 1. The first-order chi connectivity index (χ1) is 16.8. The summed E-state index contributed by atoms with van der Waals surface area (Å²) in [5, 5.41) is 22.5. The highest BCUT2D eigenvalue weighted by Crippen LogP contribution is 2.36. The van der Waals surface area contributed by atoms with Crippen LogP contribution in [0.15, 0.2) is 18.2 Å². The van der Waals surface area contributed by atoms with Gasteiger partial charge in [-0.1, -0.05) is 0 Å². The third kappa shape index (κ3) is 7.33. The van der Waals surface area contributed by atoms with E-state index in [0.717, 1.165) is 39.8 Å². The second-order valence-electron chi connectivity index (χ2n) is 7.35. The van der Waals surface area contributed by atoms with Crippen LogP contribution in [0.4, 0.5) is 11.4 Å². The molecule has 1 aliphatic rings. The van der Waals surface area contributed by atoms with E-state index >= 15 is 0 Å². The van der Waals surface area contributed by atoms with Crippen molar-refractivity contribution in [2.45, 2.75) is 58.4 Å². The van der Waals surface area contributed by atoms with E-state index in [2.05, 4.69) is 0 Å². The fraction of sp³-hybridized carbons (Fsp3) is 0.500. The molecular weight excluding hydrogens is 492 g/mol. The van der Waals surface area contributed by atoms with Gasteiger partial charge in [0.05, 0.1) is 15.9 Å². The van der Waals surface area contributed by atoms with Gasteiger partial charge in [0, 0.05) is 33.8 Å². The number of nitro benzene ring substituents is 2. The number of carbonyl (C=O) groups excluding carboxylic acids is 4. The molecule has 0 aromatic heterocycles. The lowest BCUT2D eigenvalue weighted by atomic mass is 9.98. The maximum atomic E-state index is 11.8. The average Bonchev–Trinajstić information content (AvgIpc) is 2.75. The van der Waals surface area contributed by atoms with Crippen molar-refractivity contribution in [3.63, 3.8) is 0 Å². The van der Waals surface area contributed by atoms with Crippen LogP contribution in [0.25, 0.3) is 0 Å². The Labute approximate surface area is 202 Å². The van der Waals surface area contributed by atoms with E-state index in [9.17, 15) is 39.4 Å². The van der Waals surface area contributed by atoms with Gasteiger partial charge in [-0.15, -0.1) is 0 Å². The molecule has 0 N–H and O–H groups in total. The van der Waals surface area contributed by atoms with Crippen molar-refractivity contribution in [2.75, 3.05) is 6.61 Å². The molecule has 1 aromatic rings. The van der Waals surface area contributed by atoms with Crippen molar-refractivity contribution in [3.05, 3.63) is 38.4 Å². The van der Waals surface area contributed by atoms with Gasteiger partial charge in [-0.2, -0.15) is 0 Å². The van der Waals surface area contributed by atoms with E-state index in [1.165, 1.54) is 0 Å². The lowest BCUT2D eigenvalue weighted by molar-refractivity contribution is -0.395. The van der Waals surface area contributed by atoms with Gasteiger partial charge in [-0.3, -0.25) is 39.4 Å². The van der Waals surface area contributed by atoms with Gasteiger partial charge in [0.25, 0.3) is 5.69 Å². The van der Waals surface area contributed by atoms with Gasteiger partial charge < -0.3 is 28.4 Å². The third-order valence-electron chi connectivity index (χ3n) is 4.54. The van der Waals surface area contributed by atoms with Crippen LogP contribution in [-0.2, 0) is 42.9 Å². The first-order valence-electron chi connectivity index (χ1n) is 10.2. The molecular formula is C20H22N2O14. The van der Waals surface area contributed by atoms with Crippen LogP contribution < -0.4 is 4.74 Å². The van der Waals surface area contributed by atoms with Crippen LogP contribution in [0.3, 0.4) is 0 Å². The normalized spacial score (nSPS) is 23.1. The molecule has 1 fully saturated rings. The van der Waals surface area contributed by atoms with Crippen molar-refractivity contribution < 1.29 is 57.4 Å². The quantitative estimate of drug-likeness (QED) is 0.194. The monoisotopic (exact) mass is 514 g/mol. The maximum absolute atomic E-state index is 11.8. The maximum Gasteiger partial charge on any atom is 0.317 e. The Kier molecular flexibility index (Phi) is 9.20. The molecule has 16 nitrogen and oxygen atoms in total. The molecule has 0 saturated carbocycles. The predicted molar refractivity (Wildman–Crippen MR) is 112 cm³/mol. The summed E-state index contributed by atoms with van der Waals surface area (Å²) >= 11 is 0. The van der Waals surface area contributed by atoms with E-state index in [0.29, 0.717) is 6.07 Å². The number of hydrogen-bond donors (Lipinski definition) is 0. The summed E-state index contributed by atoms with van der Waals surface area (Å²) in [5.74, 6) is -3.91. The molecule has 2 rings (SSSR count). The fourth-order valence-electron chi connectivity index (χ4n) is 3.27. The minimum absolute atomic E-state index is 0.522. The Balaban J connectivity index is 2.57. The van der Waals surface area contributed by atoms with E-state index in [-0.39, 0.29) is 0 Å². The molecule has 0 spiro atoms. The Morgan fingerprint density at radius 1 is 0.833 bits per heavy atom. The van der Waals surface area contributed by atoms with Crippen molar-refractivity contribution in [2.24, 2.45) is 0 Å². The fourth-order valence-corrected chi connectivity index (χ4v) is 3.27. The second-order valence-corrected chi connectivity index (χ2v) is 7.35. The van der Waals surface area contributed by atoms with Crippen LogP contribution in [0.1, 0.15) is 27.7 Å². The minimum atomic E-state index is -1.74. The summed E-state index contributed by atoms with van der Waals surface area (Å²) in [7, 11) is 0. The molecule has 1 heterocycles. The standard InChI is InChI=1S/C20H22N2O14/c1-9(23)31-8-16-17(32-10(2)24)18(33-11(3)25)19(34-12(4)26)20(36-16)35-15-6-5-13(21(27)28)7-14(15)22(29)30/h5-7,16-20H,8H2,1-4H3. The van der Waals surface area contributed by atoms with Gasteiger partial charge in [0.1, 0.15) is 12.7 Å². The number of benzene rings is 1. The first-order valence-corrected chi connectivity index (χ1v) is 10.2. The minimum Gasteiger partial charge on any atom is -0.463 e. The van der Waals surface area contributed by atoms with E-state index in [4.69, 9.17) is 28.4 Å². The second kappa shape index (κ2) is 11.9. The largest absolute Gasteiger partial charge is 0.463 e. The number of nitro groups is 2. The van der Waals surface area contributed by atoms with Crippen molar-refractivity contribution in [1.82, 2.24) is 0 Å². The lowest BCUT2D eigenvalue weighted by Crippen LogP contribution is -2.63. The van der Waals surface area contributed by atoms with Crippen LogP contribution in [0.5, 0.6) is 5.75 Å². The molecule has 0 aliphatic carbocycles. The van der Waals surface area contributed by atoms with Crippen LogP contribution >= 0.6 is 0 Å². The number of carbonyl (C=O) groups is 4. The average molecular weight is 514 g/mol. The number of esters is 4. The summed E-state index contributed by atoms with van der Waals surface area (Å²) in [4.78, 5) is 67.5. The molecule has 1 aliphatic heterocycles. The molecule has 0 bridgehead atoms. The summed E-state index contributed by atoms with van der Waals surface area (Å²) in [6, 6.07) is 2.48. The highest BCUT2D eigenvalue weighted by molar-refractivity contribution is 5.68. The van der Waals surface area contributed by atoms with Crippen molar-refractivity contribution >= 4 is 35.3 Å². The Bertz CT molecular complexity index is 1060. The van der Waals surface area contributed by atoms with Crippen LogP contribution in [-0.4, -0.2) is 71.0 Å². The summed E-state index contributed by atoms with van der Waals surface area (Å²) in [5.41, 5.74) is -1.42. The van der Waals surface area contributed by atoms with Gasteiger partial charge in [-0.05, 0) is 6.07 Å². The molecule has 36 heavy (non-hydrogen) atoms. The Morgan fingerprint density at radius 2 is 1.39 bits per heavy atom. The van der Waals surface area contributed by atoms with Crippen LogP contribution in [0, 0.1) is 20.2 Å². The van der Waals surface area contributed by atoms with E-state index < -0.39 is 88.2 Å². The van der Waals surface area contributed by atoms with Gasteiger partial charge >= 0.3 is 29.6 Å². The molecule has 16 heteroatoms. The first kappa shape index (κ1) is 27.9. The van der Waals surface area contributed by atoms with Crippen molar-refractivity contribution in [3.8, 4) is 5.75 Å². The van der Waals surface area contributed by atoms with E-state index in [1.54, 1.807) is 0 Å². The molecule has 0 amide bonds. The number of ether oxygens (including phenoxy) is 6. The van der Waals surface area contributed by atoms with E-state index in [1.807, 2.05) is 0 Å². The van der Waals surface area contributed by atoms with Gasteiger partial charge in [-0.25, -0.2) is 0 Å². The Morgan fingerprint density at radius 3 is 1.89 bits per heavy atom. The molecule has 1 saturated heterocycles. The predicted octanol–water partition coefficient (Wildman–Crippen LogP) is 0.965. The number of hydrogen-bond acceptors (Lipinski definition) is 14. The highest BCUT2D eigenvalue weighted by atomic mass is 16.7. The number of rotatable bonds is 9. The molecule has 5 unspecified atom stereocenters. The SMILES string of the molecule is CC(=O)OCC1OC(Oc2ccc([N+](=O)[O-])cc2[N+](=O)[O-])C(OC(C)=O)C(OC(C)=O)C1OC(C)=O. The number of nitrogens with zero attached hydrogens (tertiary/aromatic N) is 2. The Hall–Kier alpha value is -4.34. The zero-order valence-electron chi connectivity index (χ0n) is 19.4. The lowest BCUT2D eigenvalue weighted by Gasteiger charge is -2.43. The van der Waals surface area contributed by atoms with Gasteiger partial charge in [0.2, 0.25) is 18.1 Å². The molecule has 0 radical (unpaired) electrons. The topological polar surface area (TPSA) is 210 Å². The molecule has 1 aromatic carbocycles. The van der Waals surface area contributed by atoms with Crippen LogP contribution in [0.2, 0.25) is 0 Å². The highest BCUT2D eigenvalue weighted by Gasteiger charge is 2.53. The smallest absolute Gasteiger partial charge is 0.317 e. The molecule has 196 valence electrons. The van der Waals surface area contributed by atoms with Crippen molar-refractivity contribution in [1.29, 1.82) is 0 Å².